The highest BCUT2D eigenvalue weighted by Gasteiger charge is 1.90. The molecular weight excluding hydrogens is 129 g/mol. The summed E-state index contributed by atoms with van der Waals surface area (Å²) in [7, 11) is 0. The second-order valence-electron chi connectivity index (χ2n) is 1.94. The van der Waals surface area contributed by atoms with Crippen LogP contribution in [-0.4, -0.2) is 6.54 Å². The minimum absolute atomic E-state index is 0.224. The molecule has 1 radical (unpaired) electrons. The molecule has 0 aromatic heterocycles. The average Bonchev–Trinajstić information content (AvgIpc) is 1.88. The van der Waals surface area contributed by atoms with Gasteiger partial charge in [0.15, 0.2) is 0 Å². The molecule has 0 fully saturated rings. The van der Waals surface area contributed by atoms with Crippen molar-refractivity contribution in [1.82, 2.24) is 0 Å². The van der Waals surface area contributed by atoms with Crippen molar-refractivity contribution in [3.8, 4) is 0 Å². The van der Waals surface area contributed by atoms with Crippen molar-refractivity contribution in [2.75, 3.05) is 11.9 Å². The molecule has 0 bridgehead atoms. The molecule has 1 N–H and O–H groups in total. The number of nitrogens with one attached hydrogen (secondary N) is 1. The third-order valence-corrected chi connectivity index (χ3v) is 1.15. The standard InChI is InChI=1S/C8H9FN/c1-2-10-8-5-3-4-7(9)6-8/h3-6,10H,1-2H2. The Hall–Kier alpha value is -1.05. The summed E-state index contributed by atoms with van der Waals surface area (Å²) in [5.41, 5.74) is 0.773. The Morgan fingerprint density at radius 3 is 2.90 bits per heavy atom. The Kier molecular flexibility index (Phi) is 2.26. The predicted octanol–water partition coefficient (Wildman–Crippen LogP) is 2.07. The molecule has 10 heavy (non-hydrogen) atoms. The van der Waals surface area contributed by atoms with E-state index in [0.717, 1.165) is 5.69 Å². The van der Waals surface area contributed by atoms with Gasteiger partial charge in [0, 0.05) is 12.2 Å². The van der Waals surface area contributed by atoms with E-state index in [2.05, 4.69) is 12.2 Å². The quantitative estimate of drug-likeness (QED) is 0.659. The number of halogens is 1. The highest BCUT2D eigenvalue weighted by atomic mass is 19.1. The van der Waals surface area contributed by atoms with Crippen LogP contribution in [0.5, 0.6) is 0 Å². The summed E-state index contributed by atoms with van der Waals surface area (Å²) in [5.74, 6) is -0.224. The Morgan fingerprint density at radius 2 is 2.30 bits per heavy atom. The molecule has 0 heterocycles. The van der Waals surface area contributed by atoms with Crippen molar-refractivity contribution in [3.05, 3.63) is 37.0 Å². The number of anilines is 1. The van der Waals surface area contributed by atoms with Gasteiger partial charge < -0.3 is 5.32 Å². The lowest BCUT2D eigenvalue weighted by Crippen LogP contribution is -1.96. The number of hydrogen-bond acceptors (Lipinski definition) is 1. The van der Waals surface area contributed by atoms with Crippen molar-refractivity contribution < 1.29 is 4.39 Å². The van der Waals surface area contributed by atoms with Crippen LogP contribution in [0.1, 0.15) is 0 Å². The van der Waals surface area contributed by atoms with E-state index in [0.29, 0.717) is 6.54 Å². The molecule has 0 aliphatic carbocycles. The number of rotatable bonds is 2. The summed E-state index contributed by atoms with van der Waals surface area (Å²) in [6.45, 7) is 4.15. The van der Waals surface area contributed by atoms with E-state index in [1.165, 1.54) is 12.1 Å². The average molecular weight is 138 g/mol. The van der Waals surface area contributed by atoms with Crippen molar-refractivity contribution in [3.63, 3.8) is 0 Å². The van der Waals surface area contributed by atoms with Crippen LogP contribution in [0, 0.1) is 12.7 Å². The Labute approximate surface area is 59.9 Å². The predicted molar refractivity (Wildman–Crippen MR) is 40.2 cm³/mol. The number of benzene rings is 1. The molecule has 0 amide bonds. The summed E-state index contributed by atoms with van der Waals surface area (Å²) in [4.78, 5) is 0. The first-order chi connectivity index (χ1) is 4.83. The first kappa shape index (κ1) is 7.06. The van der Waals surface area contributed by atoms with Crippen LogP contribution in [0.3, 0.4) is 0 Å². The first-order valence-corrected chi connectivity index (χ1v) is 3.11. The minimum Gasteiger partial charge on any atom is -0.385 e. The zero-order valence-corrected chi connectivity index (χ0v) is 5.60. The van der Waals surface area contributed by atoms with Gasteiger partial charge >= 0.3 is 0 Å². The van der Waals surface area contributed by atoms with E-state index < -0.39 is 0 Å². The van der Waals surface area contributed by atoms with Crippen LogP contribution < -0.4 is 5.32 Å². The van der Waals surface area contributed by atoms with Crippen LogP contribution in [0.2, 0.25) is 0 Å². The fourth-order valence-corrected chi connectivity index (χ4v) is 0.743. The zero-order chi connectivity index (χ0) is 7.40. The molecule has 0 aliphatic rings. The van der Waals surface area contributed by atoms with Crippen molar-refractivity contribution in [2.24, 2.45) is 0 Å². The highest BCUT2D eigenvalue weighted by Crippen LogP contribution is 2.07. The second kappa shape index (κ2) is 3.20. The summed E-state index contributed by atoms with van der Waals surface area (Å²) < 4.78 is 12.4. The van der Waals surface area contributed by atoms with Gasteiger partial charge in [-0.05, 0) is 25.1 Å². The van der Waals surface area contributed by atoms with Crippen LogP contribution >= 0.6 is 0 Å². The van der Waals surface area contributed by atoms with Crippen molar-refractivity contribution in [2.45, 2.75) is 0 Å². The lowest BCUT2D eigenvalue weighted by atomic mass is 10.3. The lowest BCUT2D eigenvalue weighted by Gasteiger charge is -2.00. The summed E-state index contributed by atoms with van der Waals surface area (Å²) >= 11 is 0. The molecule has 1 aromatic carbocycles. The molecule has 0 saturated heterocycles. The fraction of sp³-hybridized carbons (Fsp3) is 0.125. The van der Waals surface area contributed by atoms with Gasteiger partial charge in [0.05, 0.1) is 0 Å². The molecule has 2 heteroatoms. The summed E-state index contributed by atoms with van der Waals surface area (Å²) in [5, 5.41) is 2.90. The van der Waals surface area contributed by atoms with Crippen LogP contribution in [0.25, 0.3) is 0 Å². The van der Waals surface area contributed by atoms with Crippen molar-refractivity contribution >= 4 is 5.69 Å². The molecule has 0 atom stereocenters. The monoisotopic (exact) mass is 138 g/mol. The normalized spacial score (nSPS) is 9.40. The maximum atomic E-state index is 12.4. The van der Waals surface area contributed by atoms with E-state index in [-0.39, 0.29) is 5.82 Å². The molecule has 0 unspecified atom stereocenters. The SMILES string of the molecule is [CH2]CNc1cccc(F)c1. The van der Waals surface area contributed by atoms with Gasteiger partial charge in [-0.15, -0.1) is 0 Å². The molecule has 1 aromatic rings. The van der Waals surface area contributed by atoms with Gasteiger partial charge in [-0.25, -0.2) is 4.39 Å². The Morgan fingerprint density at radius 1 is 1.50 bits per heavy atom. The summed E-state index contributed by atoms with van der Waals surface area (Å²) in [6, 6.07) is 6.31. The molecule has 0 aliphatic heterocycles. The maximum Gasteiger partial charge on any atom is 0.125 e. The molecule has 1 nitrogen and oxygen atoms in total. The molecular formula is C8H9FN. The van der Waals surface area contributed by atoms with Crippen LogP contribution in [-0.2, 0) is 0 Å². The van der Waals surface area contributed by atoms with Gasteiger partial charge in [-0.2, -0.15) is 0 Å². The maximum absolute atomic E-state index is 12.4. The lowest BCUT2D eigenvalue weighted by molar-refractivity contribution is 0.628. The third-order valence-electron chi connectivity index (χ3n) is 1.15. The molecule has 53 valence electrons. The second-order valence-corrected chi connectivity index (χ2v) is 1.94. The smallest absolute Gasteiger partial charge is 0.125 e. The van der Waals surface area contributed by atoms with Crippen LogP contribution in [0.15, 0.2) is 24.3 Å². The Bertz CT molecular complexity index is 210. The molecule has 0 saturated carbocycles. The zero-order valence-electron chi connectivity index (χ0n) is 5.60. The largest absolute Gasteiger partial charge is 0.385 e. The fourth-order valence-electron chi connectivity index (χ4n) is 0.743. The topological polar surface area (TPSA) is 12.0 Å². The molecule has 0 spiro atoms. The Balaban J connectivity index is 2.75. The van der Waals surface area contributed by atoms with Gasteiger partial charge in [0.2, 0.25) is 0 Å². The van der Waals surface area contributed by atoms with E-state index in [9.17, 15) is 4.39 Å². The van der Waals surface area contributed by atoms with E-state index in [4.69, 9.17) is 0 Å². The highest BCUT2D eigenvalue weighted by molar-refractivity contribution is 5.42. The van der Waals surface area contributed by atoms with Gasteiger partial charge in [-0.1, -0.05) is 6.07 Å². The van der Waals surface area contributed by atoms with Crippen molar-refractivity contribution in [1.29, 1.82) is 0 Å². The number of hydrogen-bond donors (Lipinski definition) is 1. The summed E-state index contributed by atoms with van der Waals surface area (Å²) in [6.07, 6.45) is 0. The van der Waals surface area contributed by atoms with Gasteiger partial charge in [0.1, 0.15) is 5.82 Å². The van der Waals surface area contributed by atoms with Gasteiger partial charge in [0.25, 0.3) is 0 Å². The minimum atomic E-state index is -0.224. The third kappa shape index (κ3) is 1.72. The molecule has 1 rings (SSSR count). The van der Waals surface area contributed by atoms with Crippen LogP contribution in [0.4, 0.5) is 10.1 Å². The van der Waals surface area contributed by atoms with E-state index >= 15 is 0 Å². The first-order valence-electron chi connectivity index (χ1n) is 3.11. The van der Waals surface area contributed by atoms with E-state index in [1.54, 1.807) is 12.1 Å². The van der Waals surface area contributed by atoms with E-state index in [1.807, 2.05) is 0 Å². The van der Waals surface area contributed by atoms with Gasteiger partial charge in [-0.3, -0.25) is 0 Å².